The molecule has 0 bridgehead atoms. The zero-order valence-corrected chi connectivity index (χ0v) is 8.39. The molecule has 0 radical (unpaired) electrons. The molecule has 0 aromatic carbocycles. The van der Waals surface area contributed by atoms with E-state index < -0.39 is 0 Å². The summed E-state index contributed by atoms with van der Waals surface area (Å²) in [5.74, 6) is 1.96. The monoisotopic (exact) mass is 238 g/mol. The quantitative estimate of drug-likeness (QED) is 0.449. The van der Waals surface area contributed by atoms with Gasteiger partial charge in [-0.15, -0.1) is 0 Å². The van der Waals surface area contributed by atoms with E-state index in [1.165, 1.54) is 19.3 Å². The van der Waals surface area contributed by atoms with E-state index in [-0.39, 0.29) is 0 Å². The van der Waals surface area contributed by atoms with Gasteiger partial charge in [0.2, 0.25) is 0 Å². The summed E-state index contributed by atoms with van der Waals surface area (Å²) in [6, 6.07) is 0. The Morgan fingerprint density at radius 1 is 1.22 bits per heavy atom. The van der Waals surface area contributed by atoms with Crippen LogP contribution in [-0.2, 0) is 0 Å². The average Bonchev–Trinajstić information content (AvgIpc) is 1.80. The smallest absolute Gasteiger partial charge is 0.0138 e. The van der Waals surface area contributed by atoms with Gasteiger partial charge in [-0.1, -0.05) is 42.9 Å². The van der Waals surface area contributed by atoms with E-state index in [4.69, 9.17) is 0 Å². The summed E-state index contributed by atoms with van der Waals surface area (Å²) in [6.07, 6.45) is 4.36. The molecule has 0 spiro atoms. The van der Waals surface area contributed by atoms with Gasteiger partial charge in [0.1, 0.15) is 0 Å². The minimum atomic E-state index is 0.950. The first-order valence-corrected chi connectivity index (χ1v) is 5.08. The highest BCUT2D eigenvalue weighted by Crippen LogP contribution is 2.33. The minimum absolute atomic E-state index is 0.950. The Kier molecular flexibility index (Phi) is 2.80. The van der Waals surface area contributed by atoms with E-state index in [1.54, 1.807) is 0 Å². The van der Waals surface area contributed by atoms with Gasteiger partial charge in [-0.2, -0.15) is 0 Å². The Bertz CT molecular complexity index is 90.6. The van der Waals surface area contributed by atoms with Crippen molar-refractivity contribution in [3.05, 3.63) is 0 Å². The Balaban J connectivity index is 2.35. The normalized spacial score (nSPS) is 45.0. The highest BCUT2D eigenvalue weighted by molar-refractivity contribution is 14.1. The van der Waals surface area contributed by atoms with Crippen molar-refractivity contribution in [2.45, 2.75) is 37.0 Å². The van der Waals surface area contributed by atoms with Gasteiger partial charge in [0.15, 0.2) is 0 Å². The fraction of sp³-hybridized carbons (Fsp3) is 1.00. The summed E-state index contributed by atoms with van der Waals surface area (Å²) < 4.78 is 0.950. The Morgan fingerprint density at radius 2 is 1.89 bits per heavy atom. The van der Waals surface area contributed by atoms with Crippen molar-refractivity contribution in [1.29, 1.82) is 0 Å². The van der Waals surface area contributed by atoms with E-state index in [9.17, 15) is 0 Å². The summed E-state index contributed by atoms with van der Waals surface area (Å²) in [6.45, 7) is 4.75. The molecule has 1 heteroatoms. The fourth-order valence-corrected chi connectivity index (χ4v) is 2.69. The minimum Gasteiger partial charge on any atom is -0.0823 e. The fourth-order valence-electron chi connectivity index (χ4n) is 1.46. The number of alkyl halides is 1. The summed E-state index contributed by atoms with van der Waals surface area (Å²) in [7, 11) is 0. The maximum atomic E-state index is 2.60. The molecule has 3 atom stereocenters. The van der Waals surface area contributed by atoms with Crippen LogP contribution in [-0.4, -0.2) is 3.92 Å². The maximum absolute atomic E-state index is 2.60. The second-order valence-corrected chi connectivity index (χ2v) is 5.01. The molecule has 0 aromatic rings. The number of halogens is 1. The number of hydrogen-bond donors (Lipinski definition) is 0. The lowest BCUT2D eigenvalue weighted by molar-refractivity contribution is 0.327. The molecular weight excluding hydrogens is 223 g/mol. The zero-order valence-electron chi connectivity index (χ0n) is 6.23. The molecule has 1 rings (SSSR count). The molecule has 0 aliphatic heterocycles. The van der Waals surface area contributed by atoms with Gasteiger partial charge < -0.3 is 0 Å². The van der Waals surface area contributed by atoms with Crippen LogP contribution >= 0.6 is 22.6 Å². The van der Waals surface area contributed by atoms with Gasteiger partial charge in [0, 0.05) is 3.92 Å². The predicted octanol–water partition coefficient (Wildman–Crippen LogP) is 3.25. The van der Waals surface area contributed by atoms with Crippen LogP contribution in [0.1, 0.15) is 33.1 Å². The molecule has 0 N–H and O–H groups in total. The van der Waals surface area contributed by atoms with Crippen LogP contribution in [0.3, 0.4) is 0 Å². The molecule has 1 aliphatic carbocycles. The van der Waals surface area contributed by atoms with Crippen LogP contribution in [0.15, 0.2) is 0 Å². The summed E-state index contributed by atoms with van der Waals surface area (Å²) >= 11 is 2.60. The predicted molar refractivity (Wildman–Crippen MR) is 50.0 cm³/mol. The van der Waals surface area contributed by atoms with Crippen LogP contribution in [0.25, 0.3) is 0 Å². The van der Waals surface area contributed by atoms with E-state index in [1.807, 2.05) is 0 Å². The molecule has 54 valence electrons. The molecule has 0 nitrogen and oxygen atoms in total. The summed E-state index contributed by atoms with van der Waals surface area (Å²) in [5.41, 5.74) is 0. The van der Waals surface area contributed by atoms with E-state index in [0.717, 1.165) is 15.8 Å². The van der Waals surface area contributed by atoms with Crippen molar-refractivity contribution in [3.63, 3.8) is 0 Å². The third kappa shape index (κ3) is 2.10. The van der Waals surface area contributed by atoms with Crippen LogP contribution in [0, 0.1) is 11.8 Å². The van der Waals surface area contributed by atoms with Crippen LogP contribution < -0.4 is 0 Å². The third-order valence-electron chi connectivity index (χ3n) is 2.36. The average molecular weight is 238 g/mol. The molecule has 1 saturated carbocycles. The Morgan fingerprint density at radius 3 is 2.33 bits per heavy atom. The summed E-state index contributed by atoms with van der Waals surface area (Å²) in [5, 5.41) is 0. The topological polar surface area (TPSA) is 0 Å². The molecule has 0 saturated heterocycles. The SMILES string of the molecule is CC1CCC(C)C(I)C1. The molecule has 9 heavy (non-hydrogen) atoms. The van der Waals surface area contributed by atoms with Crippen molar-refractivity contribution in [2.24, 2.45) is 11.8 Å². The van der Waals surface area contributed by atoms with Gasteiger partial charge >= 0.3 is 0 Å². The van der Waals surface area contributed by atoms with Crippen molar-refractivity contribution in [3.8, 4) is 0 Å². The highest BCUT2D eigenvalue weighted by atomic mass is 127. The maximum Gasteiger partial charge on any atom is 0.0138 e. The van der Waals surface area contributed by atoms with Gasteiger partial charge in [-0.05, 0) is 24.7 Å². The van der Waals surface area contributed by atoms with Gasteiger partial charge in [-0.25, -0.2) is 0 Å². The molecule has 0 amide bonds. The zero-order chi connectivity index (χ0) is 6.85. The van der Waals surface area contributed by atoms with Crippen molar-refractivity contribution in [1.82, 2.24) is 0 Å². The van der Waals surface area contributed by atoms with Crippen molar-refractivity contribution >= 4 is 22.6 Å². The second kappa shape index (κ2) is 3.22. The lowest BCUT2D eigenvalue weighted by Crippen LogP contribution is -2.20. The first-order chi connectivity index (χ1) is 4.20. The molecule has 1 fully saturated rings. The Labute approximate surface area is 71.5 Å². The number of rotatable bonds is 0. The van der Waals surface area contributed by atoms with E-state index >= 15 is 0 Å². The largest absolute Gasteiger partial charge is 0.0823 e. The lowest BCUT2D eigenvalue weighted by Gasteiger charge is -2.28. The second-order valence-electron chi connectivity index (χ2n) is 3.41. The van der Waals surface area contributed by atoms with Gasteiger partial charge in [0.05, 0.1) is 0 Å². The number of hydrogen-bond acceptors (Lipinski definition) is 0. The standard InChI is InChI=1S/C8H15I/c1-6-3-4-7(2)8(9)5-6/h6-8H,3-5H2,1-2H3. The molecule has 0 heterocycles. The highest BCUT2D eigenvalue weighted by Gasteiger charge is 2.22. The third-order valence-corrected chi connectivity index (χ3v) is 4.10. The van der Waals surface area contributed by atoms with Crippen molar-refractivity contribution < 1.29 is 0 Å². The van der Waals surface area contributed by atoms with Crippen molar-refractivity contribution in [2.75, 3.05) is 0 Å². The lowest BCUT2D eigenvalue weighted by atomic mass is 9.84. The first kappa shape index (κ1) is 7.83. The van der Waals surface area contributed by atoms with E-state index in [2.05, 4.69) is 36.4 Å². The first-order valence-electron chi connectivity index (χ1n) is 3.84. The van der Waals surface area contributed by atoms with Gasteiger partial charge in [0.25, 0.3) is 0 Å². The molecule has 1 aliphatic rings. The Hall–Kier alpha value is 0.730. The van der Waals surface area contributed by atoms with E-state index in [0.29, 0.717) is 0 Å². The van der Waals surface area contributed by atoms with Crippen LogP contribution in [0.2, 0.25) is 0 Å². The van der Waals surface area contributed by atoms with Crippen LogP contribution in [0.5, 0.6) is 0 Å². The molecule has 3 unspecified atom stereocenters. The molecular formula is C8H15I. The molecule has 0 aromatic heterocycles. The van der Waals surface area contributed by atoms with Crippen LogP contribution in [0.4, 0.5) is 0 Å². The summed E-state index contributed by atoms with van der Waals surface area (Å²) in [4.78, 5) is 0. The van der Waals surface area contributed by atoms with Gasteiger partial charge in [-0.3, -0.25) is 0 Å².